The summed E-state index contributed by atoms with van der Waals surface area (Å²) in [5.41, 5.74) is 4.83. The van der Waals surface area contributed by atoms with Crippen LogP contribution in [0.25, 0.3) is 0 Å². The molecule has 1 fully saturated rings. The van der Waals surface area contributed by atoms with Gasteiger partial charge in [-0.3, -0.25) is 4.79 Å². The number of anilines is 1. The molecular weight excluding hydrogens is 673 g/mol. The molecule has 1 N–H and O–H groups in total. The van der Waals surface area contributed by atoms with E-state index in [0.29, 0.717) is 33.0 Å². The summed E-state index contributed by atoms with van der Waals surface area (Å²) in [4.78, 5) is 14.5. The second-order valence-corrected chi connectivity index (χ2v) is 15.5. The van der Waals surface area contributed by atoms with Gasteiger partial charge in [-0.2, -0.15) is 4.31 Å². The third-order valence-corrected chi connectivity index (χ3v) is 11.5. The van der Waals surface area contributed by atoms with E-state index in [1.807, 2.05) is 43.3 Å². The number of fused-ring (bicyclic) bond motifs is 1. The van der Waals surface area contributed by atoms with Crippen molar-refractivity contribution in [1.29, 1.82) is 0 Å². The van der Waals surface area contributed by atoms with Crippen LogP contribution in [0.1, 0.15) is 54.4 Å². The number of aliphatic carboxylic acids is 1. The lowest BCUT2D eigenvalue weighted by atomic mass is 9.83. The fraction of sp³-hybridized carbons (Fsp3) is 0.513. The van der Waals surface area contributed by atoms with E-state index in [9.17, 15) is 18.3 Å². The Kier molecular flexibility index (Phi) is 13.9. The lowest BCUT2D eigenvalue weighted by molar-refractivity contribution is -0.138. The Labute approximate surface area is 302 Å². The topological polar surface area (TPSA) is 124 Å². The van der Waals surface area contributed by atoms with E-state index in [1.165, 1.54) is 4.31 Å². The van der Waals surface area contributed by atoms with Gasteiger partial charge in [0.05, 0.1) is 56.1 Å². The maximum absolute atomic E-state index is 14.1. The SMILES string of the molecule is COCCCN1CCOc2ccc(CO[C@H]3CN(S(=O)(=O)c4ccc(C)cc4)[C@@H](CC(=O)O)C[C@@H]3c3ccc(COC[C@@H](C)COC)cc3)cc21. The molecule has 0 unspecified atom stereocenters. The first-order valence-corrected chi connectivity index (χ1v) is 19.1. The maximum Gasteiger partial charge on any atom is 0.304 e. The average Bonchev–Trinajstić information content (AvgIpc) is 3.11. The summed E-state index contributed by atoms with van der Waals surface area (Å²) in [5.74, 6) is -0.200. The fourth-order valence-corrected chi connectivity index (χ4v) is 8.52. The van der Waals surface area contributed by atoms with Gasteiger partial charge in [0.1, 0.15) is 12.4 Å². The molecule has 2 aliphatic rings. The number of nitrogens with zero attached hydrogens (tertiary/aromatic N) is 2. The molecule has 278 valence electrons. The van der Waals surface area contributed by atoms with Gasteiger partial charge in [-0.15, -0.1) is 0 Å². The minimum absolute atomic E-state index is 0.0122. The second kappa shape index (κ2) is 18.3. The standard InChI is InChI=1S/C39H52N2O9S/c1-28-6-13-34(14-7-28)51(44,45)41-23-38(50-27-31-10-15-37-36(20-31)40(17-19-49-37)16-5-18-46-3)35(21-33(41)22-39(42)43)32-11-8-30(9-12-32)26-48-25-29(2)24-47-4/h6-15,20,29,33,35,38H,5,16-19,21-27H2,1-4H3,(H,42,43)/t29-,33+,35+,38-/m0/s1. The summed E-state index contributed by atoms with van der Waals surface area (Å²) in [6.07, 6.45) is 0.319. The summed E-state index contributed by atoms with van der Waals surface area (Å²) in [7, 11) is -0.644. The van der Waals surface area contributed by atoms with Crippen LogP contribution in [0, 0.1) is 12.8 Å². The summed E-state index contributed by atoms with van der Waals surface area (Å²) in [6.45, 7) is 8.77. The first-order valence-electron chi connectivity index (χ1n) is 17.7. The van der Waals surface area contributed by atoms with Crippen LogP contribution in [-0.2, 0) is 47.0 Å². The Balaban J connectivity index is 1.41. The van der Waals surface area contributed by atoms with Gasteiger partial charge in [-0.1, -0.05) is 55.0 Å². The van der Waals surface area contributed by atoms with Gasteiger partial charge in [0.15, 0.2) is 0 Å². The van der Waals surface area contributed by atoms with Gasteiger partial charge < -0.3 is 33.7 Å². The smallest absolute Gasteiger partial charge is 0.304 e. The lowest BCUT2D eigenvalue weighted by Gasteiger charge is -2.43. The number of aryl methyl sites for hydroxylation is 1. The molecule has 5 rings (SSSR count). The van der Waals surface area contributed by atoms with Crippen LogP contribution in [0.5, 0.6) is 5.75 Å². The number of methoxy groups -OCH3 is 2. The molecule has 0 radical (unpaired) electrons. The molecule has 51 heavy (non-hydrogen) atoms. The summed E-state index contributed by atoms with van der Waals surface area (Å²) in [5, 5.41) is 9.91. The molecule has 0 saturated carbocycles. The average molecular weight is 725 g/mol. The van der Waals surface area contributed by atoms with Crippen molar-refractivity contribution in [2.45, 2.75) is 69.3 Å². The Morgan fingerprint density at radius 1 is 0.980 bits per heavy atom. The van der Waals surface area contributed by atoms with E-state index >= 15 is 0 Å². The maximum atomic E-state index is 14.1. The molecule has 0 aromatic heterocycles. The van der Waals surface area contributed by atoms with Crippen LogP contribution < -0.4 is 9.64 Å². The molecule has 2 heterocycles. The summed E-state index contributed by atoms with van der Waals surface area (Å²) >= 11 is 0. The quantitative estimate of drug-likeness (QED) is 0.165. The van der Waals surface area contributed by atoms with E-state index in [0.717, 1.165) is 53.2 Å². The summed E-state index contributed by atoms with van der Waals surface area (Å²) in [6, 6.07) is 20.0. The van der Waals surface area contributed by atoms with Gasteiger partial charge in [0.2, 0.25) is 10.0 Å². The number of benzene rings is 3. The second-order valence-electron chi connectivity index (χ2n) is 13.6. The van der Waals surface area contributed by atoms with Crippen LogP contribution in [0.3, 0.4) is 0 Å². The number of rotatable bonds is 18. The van der Waals surface area contributed by atoms with Crippen molar-refractivity contribution in [3.8, 4) is 5.75 Å². The van der Waals surface area contributed by atoms with Crippen molar-refractivity contribution < 1.29 is 42.0 Å². The predicted octanol–water partition coefficient (Wildman–Crippen LogP) is 5.64. The molecule has 0 bridgehead atoms. The van der Waals surface area contributed by atoms with E-state index in [2.05, 4.69) is 17.9 Å². The molecule has 3 aromatic carbocycles. The third kappa shape index (κ3) is 10.3. The van der Waals surface area contributed by atoms with Crippen molar-refractivity contribution in [3.05, 3.63) is 89.0 Å². The number of hydrogen-bond acceptors (Lipinski definition) is 9. The summed E-state index contributed by atoms with van der Waals surface area (Å²) < 4.78 is 58.6. The molecule has 2 aliphatic heterocycles. The first-order chi connectivity index (χ1) is 24.6. The minimum atomic E-state index is -4.02. The molecule has 0 spiro atoms. The highest BCUT2D eigenvalue weighted by Gasteiger charge is 2.43. The van der Waals surface area contributed by atoms with Crippen molar-refractivity contribution in [2.75, 3.05) is 65.2 Å². The van der Waals surface area contributed by atoms with Crippen LogP contribution >= 0.6 is 0 Å². The zero-order chi connectivity index (χ0) is 36.4. The molecule has 12 heteroatoms. The Bertz CT molecular complexity index is 1670. The Morgan fingerprint density at radius 2 is 1.73 bits per heavy atom. The highest BCUT2D eigenvalue weighted by atomic mass is 32.2. The number of sulfonamides is 1. The van der Waals surface area contributed by atoms with Gasteiger partial charge in [-0.25, -0.2) is 8.42 Å². The fourth-order valence-electron chi connectivity index (χ4n) is 6.88. The Morgan fingerprint density at radius 3 is 2.43 bits per heavy atom. The minimum Gasteiger partial charge on any atom is -0.490 e. The van der Waals surface area contributed by atoms with E-state index in [1.54, 1.807) is 38.5 Å². The van der Waals surface area contributed by atoms with Crippen molar-refractivity contribution in [1.82, 2.24) is 4.31 Å². The van der Waals surface area contributed by atoms with Gasteiger partial charge in [-0.05, 0) is 60.7 Å². The molecule has 4 atom stereocenters. The van der Waals surface area contributed by atoms with Crippen molar-refractivity contribution in [2.24, 2.45) is 5.92 Å². The third-order valence-electron chi connectivity index (χ3n) is 9.53. The molecule has 3 aromatic rings. The first kappa shape index (κ1) is 38.7. The molecule has 0 aliphatic carbocycles. The highest BCUT2D eigenvalue weighted by molar-refractivity contribution is 7.89. The van der Waals surface area contributed by atoms with Crippen LogP contribution in [0.4, 0.5) is 5.69 Å². The predicted molar refractivity (Wildman–Crippen MR) is 195 cm³/mol. The van der Waals surface area contributed by atoms with Gasteiger partial charge in [0.25, 0.3) is 0 Å². The molecule has 11 nitrogen and oxygen atoms in total. The lowest BCUT2D eigenvalue weighted by Crippen LogP contribution is -2.52. The highest BCUT2D eigenvalue weighted by Crippen LogP contribution is 2.39. The van der Waals surface area contributed by atoms with Crippen LogP contribution in [0.15, 0.2) is 71.6 Å². The van der Waals surface area contributed by atoms with Crippen molar-refractivity contribution >= 4 is 21.7 Å². The van der Waals surface area contributed by atoms with Crippen molar-refractivity contribution in [3.63, 3.8) is 0 Å². The number of carbonyl (C=O) groups is 1. The number of ether oxygens (including phenoxy) is 5. The zero-order valence-electron chi connectivity index (χ0n) is 30.2. The van der Waals surface area contributed by atoms with E-state index < -0.39 is 28.1 Å². The van der Waals surface area contributed by atoms with E-state index in [4.69, 9.17) is 23.7 Å². The zero-order valence-corrected chi connectivity index (χ0v) is 31.0. The van der Waals surface area contributed by atoms with Gasteiger partial charge in [0, 0.05) is 51.8 Å². The monoisotopic (exact) mass is 724 g/mol. The van der Waals surface area contributed by atoms with Gasteiger partial charge >= 0.3 is 5.97 Å². The van der Waals surface area contributed by atoms with Crippen LogP contribution in [-0.4, -0.2) is 96.2 Å². The number of carboxylic acids is 1. The Hall–Kier alpha value is -3.52. The number of hydrogen-bond donors (Lipinski definition) is 1. The number of carboxylic acid groups (broad SMARTS) is 1. The molecule has 1 saturated heterocycles. The normalized spacial score (nSPS) is 20.1. The van der Waals surface area contributed by atoms with Crippen LogP contribution in [0.2, 0.25) is 0 Å². The molecular formula is C39H52N2O9S. The largest absolute Gasteiger partial charge is 0.490 e. The van der Waals surface area contributed by atoms with E-state index in [-0.39, 0.29) is 42.7 Å². The molecule has 0 amide bonds. The number of piperidine rings is 1.